The Morgan fingerprint density at radius 3 is 2.45 bits per heavy atom. The Labute approximate surface area is 141 Å². The van der Waals surface area contributed by atoms with Gasteiger partial charge in [-0.15, -0.1) is 0 Å². The Kier molecular flexibility index (Phi) is 4.19. The second kappa shape index (κ2) is 5.92. The number of benzene rings is 2. The van der Waals surface area contributed by atoms with Crippen molar-refractivity contribution < 1.29 is 4.42 Å². The molecule has 0 saturated carbocycles. The first-order valence-corrected chi connectivity index (χ1v) is 8.36. The first kappa shape index (κ1) is 14.2. The number of anilines is 1. The van der Waals surface area contributed by atoms with Crippen molar-refractivity contribution in [3.05, 3.63) is 61.6 Å². The van der Waals surface area contributed by atoms with Gasteiger partial charge in [-0.25, -0.2) is 0 Å². The molecular formula is C15H10Br3NO. The maximum Gasteiger partial charge on any atom is 0.134 e. The van der Waals surface area contributed by atoms with Crippen molar-refractivity contribution in [3.8, 4) is 0 Å². The summed E-state index contributed by atoms with van der Waals surface area (Å²) in [6.07, 6.45) is 1.80. The first-order valence-electron chi connectivity index (χ1n) is 5.98. The molecule has 0 aliphatic carbocycles. The van der Waals surface area contributed by atoms with Crippen molar-refractivity contribution in [2.24, 2.45) is 0 Å². The Morgan fingerprint density at radius 2 is 1.70 bits per heavy atom. The highest BCUT2D eigenvalue weighted by atomic mass is 79.9. The van der Waals surface area contributed by atoms with E-state index in [1.165, 1.54) is 0 Å². The molecule has 0 bridgehead atoms. The quantitative estimate of drug-likeness (QED) is 0.495. The van der Waals surface area contributed by atoms with Gasteiger partial charge in [-0.1, -0.05) is 34.1 Å². The second-order valence-electron chi connectivity index (χ2n) is 4.36. The molecule has 1 aromatic heterocycles. The molecule has 0 radical (unpaired) electrons. The van der Waals surface area contributed by atoms with Crippen LogP contribution in [0.15, 0.2) is 60.5 Å². The van der Waals surface area contributed by atoms with Crippen LogP contribution in [0, 0.1) is 0 Å². The fraction of sp³-hybridized carbons (Fsp3) is 0.0667. The molecule has 20 heavy (non-hydrogen) atoms. The molecule has 0 aliphatic rings. The average Bonchev–Trinajstić information content (AvgIpc) is 2.81. The molecular weight excluding hydrogens is 450 g/mol. The van der Waals surface area contributed by atoms with E-state index < -0.39 is 0 Å². The summed E-state index contributed by atoms with van der Waals surface area (Å²) in [4.78, 5) is 0. The highest BCUT2D eigenvalue weighted by Crippen LogP contribution is 2.35. The summed E-state index contributed by atoms with van der Waals surface area (Å²) in [5, 5.41) is 4.57. The van der Waals surface area contributed by atoms with Crippen LogP contribution in [0.25, 0.3) is 11.0 Å². The van der Waals surface area contributed by atoms with Gasteiger partial charge < -0.3 is 9.73 Å². The average molecular weight is 460 g/mol. The summed E-state index contributed by atoms with van der Waals surface area (Å²) in [6, 6.07) is 12.1. The van der Waals surface area contributed by atoms with E-state index in [1.807, 2.05) is 30.3 Å². The van der Waals surface area contributed by atoms with Crippen LogP contribution in [0.2, 0.25) is 0 Å². The van der Waals surface area contributed by atoms with Gasteiger partial charge in [-0.2, -0.15) is 0 Å². The maximum atomic E-state index is 5.55. The molecule has 0 atom stereocenters. The standard InChI is InChI=1S/C15H10Br3NO/c16-10-5-12(17)15(13(18)6-10)19-7-9-8-20-14-4-2-1-3-11(9)14/h1-6,8,19H,7H2. The number of halogens is 3. The lowest BCUT2D eigenvalue weighted by atomic mass is 10.2. The van der Waals surface area contributed by atoms with Crippen LogP contribution in [-0.2, 0) is 6.54 Å². The third-order valence-electron chi connectivity index (χ3n) is 3.02. The summed E-state index contributed by atoms with van der Waals surface area (Å²) in [7, 11) is 0. The molecule has 0 fully saturated rings. The molecule has 3 rings (SSSR count). The molecule has 5 heteroatoms. The Hall–Kier alpha value is -0.780. The van der Waals surface area contributed by atoms with E-state index in [-0.39, 0.29) is 0 Å². The molecule has 102 valence electrons. The van der Waals surface area contributed by atoms with Crippen LogP contribution >= 0.6 is 47.8 Å². The van der Waals surface area contributed by atoms with E-state index in [2.05, 4.69) is 59.2 Å². The monoisotopic (exact) mass is 457 g/mol. The summed E-state index contributed by atoms with van der Waals surface area (Å²) in [5.41, 5.74) is 3.08. The Morgan fingerprint density at radius 1 is 1.00 bits per heavy atom. The topological polar surface area (TPSA) is 25.2 Å². The number of hydrogen-bond acceptors (Lipinski definition) is 2. The van der Waals surface area contributed by atoms with Crippen molar-refractivity contribution in [1.82, 2.24) is 0 Å². The van der Waals surface area contributed by atoms with E-state index in [0.717, 1.165) is 35.6 Å². The van der Waals surface area contributed by atoms with Crippen LogP contribution in [0.5, 0.6) is 0 Å². The predicted molar refractivity (Wildman–Crippen MR) is 93.1 cm³/mol. The van der Waals surface area contributed by atoms with Crippen molar-refractivity contribution >= 4 is 64.4 Å². The van der Waals surface area contributed by atoms with Crippen LogP contribution < -0.4 is 5.32 Å². The largest absolute Gasteiger partial charge is 0.464 e. The molecule has 1 N–H and O–H groups in total. The van der Waals surface area contributed by atoms with Crippen LogP contribution in [0.1, 0.15) is 5.56 Å². The molecule has 0 aliphatic heterocycles. The van der Waals surface area contributed by atoms with E-state index in [0.29, 0.717) is 6.54 Å². The first-order chi connectivity index (χ1) is 9.65. The van der Waals surface area contributed by atoms with Crippen molar-refractivity contribution in [2.75, 3.05) is 5.32 Å². The summed E-state index contributed by atoms with van der Waals surface area (Å²) < 4.78 is 8.58. The number of nitrogens with one attached hydrogen (secondary N) is 1. The van der Waals surface area contributed by atoms with Crippen LogP contribution in [0.4, 0.5) is 5.69 Å². The molecule has 2 aromatic carbocycles. The van der Waals surface area contributed by atoms with E-state index in [1.54, 1.807) is 6.26 Å². The summed E-state index contributed by atoms with van der Waals surface area (Å²) in [5.74, 6) is 0. The number of fused-ring (bicyclic) bond motifs is 1. The fourth-order valence-corrected chi connectivity index (χ4v) is 4.60. The van der Waals surface area contributed by atoms with E-state index in [4.69, 9.17) is 4.42 Å². The fourth-order valence-electron chi connectivity index (χ4n) is 2.06. The molecule has 0 spiro atoms. The van der Waals surface area contributed by atoms with Gasteiger partial charge in [0.25, 0.3) is 0 Å². The zero-order chi connectivity index (χ0) is 14.1. The van der Waals surface area contributed by atoms with E-state index >= 15 is 0 Å². The lowest BCUT2D eigenvalue weighted by molar-refractivity contribution is 0.611. The van der Waals surface area contributed by atoms with Gasteiger partial charge in [0.1, 0.15) is 5.58 Å². The van der Waals surface area contributed by atoms with Gasteiger partial charge >= 0.3 is 0 Å². The minimum atomic E-state index is 0.704. The number of furan rings is 1. The van der Waals surface area contributed by atoms with Gasteiger partial charge in [0.15, 0.2) is 0 Å². The second-order valence-corrected chi connectivity index (χ2v) is 6.98. The van der Waals surface area contributed by atoms with Gasteiger partial charge in [-0.05, 0) is 50.1 Å². The summed E-state index contributed by atoms with van der Waals surface area (Å²) in [6.45, 7) is 0.704. The third-order valence-corrected chi connectivity index (χ3v) is 4.73. The van der Waals surface area contributed by atoms with Gasteiger partial charge in [0.2, 0.25) is 0 Å². The predicted octanol–water partition coefficient (Wildman–Crippen LogP) is 6.33. The number of rotatable bonds is 3. The number of hydrogen-bond donors (Lipinski definition) is 1. The van der Waals surface area contributed by atoms with Gasteiger partial charge in [-0.3, -0.25) is 0 Å². The lowest BCUT2D eigenvalue weighted by Gasteiger charge is -2.10. The van der Waals surface area contributed by atoms with Crippen molar-refractivity contribution in [1.29, 1.82) is 0 Å². The molecule has 0 amide bonds. The van der Waals surface area contributed by atoms with Gasteiger partial charge in [0, 0.05) is 30.9 Å². The molecule has 1 heterocycles. The maximum absolute atomic E-state index is 5.55. The minimum absolute atomic E-state index is 0.704. The molecule has 2 nitrogen and oxygen atoms in total. The highest BCUT2D eigenvalue weighted by molar-refractivity contribution is 9.11. The molecule has 3 aromatic rings. The minimum Gasteiger partial charge on any atom is -0.464 e. The zero-order valence-electron chi connectivity index (χ0n) is 10.3. The zero-order valence-corrected chi connectivity index (χ0v) is 15.0. The van der Waals surface area contributed by atoms with Crippen LogP contribution in [-0.4, -0.2) is 0 Å². The van der Waals surface area contributed by atoms with Gasteiger partial charge in [0.05, 0.1) is 12.0 Å². The smallest absolute Gasteiger partial charge is 0.134 e. The third kappa shape index (κ3) is 2.80. The van der Waals surface area contributed by atoms with Crippen molar-refractivity contribution in [2.45, 2.75) is 6.54 Å². The SMILES string of the molecule is Brc1cc(Br)c(NCc2coc3ccccc23)c(Br)c1. The van der Waals surface area contributed by atoms with Crippen molar-refractivity contribution in [3.63, 3.8) is 0 Å². The lowest BCUT2D eigenvalue weighted by Crippen LogP contribution is -2.00. The highest BCUT2D eigenvalue weighted by Gasteiger charge is 2.09. The normalized spacial score (nSPS) is 10.9. The molecule has 0 unspecified atom stereocenters. The molecule has 0 saturated heterocycles. The Balaban J connectivity index is 1.87. The van der Waals surface area contributed by atoms with E-state index in [9.17, 15) is 0 Å². The summed E-state index contributed by atoms with van der Waals surface area (Å²) >= 11 is 10.6. The number of para-hydroxylation sites is 1. The Bertz CT molecular complexity index is 744. The van der Waals surface area contributed by atoms with Crippen LogP contribution in [0.3, 0.4) is 0 Å².